The average molecular weight is 397 g/mol. The van der Waals surface area contributed by atoms with Crippen LogP contribution in [-0.4, -0.2) is 10.8 Å². The summed E-state index contributed by atoms with van der Waals surface area (Å²) < 4.78 is 0.621. The highest BCUT2D eigenvalue weighted by molar-refractivity contribution is 9.10. The zero-order valence-corrected chi connectivity index (χ0v) is 14.6. The molecule has 0 unspecified atom stereocenters. The van der Waals surface area contributed by atoms with Crippen LogP contribution in [0, 0.1) is 10.1 Å². The minimum Gasteiger partial charge on any atom is -0.316 e. The van der Waals surface area contributed by atoms with Crippen LogP contribution in [0.15, 0.2) is 77.3 Å². The predicted molar refractivity (Wildman–Crippen MR) is 101 cm³/mol. The first-order valence-electron chi connectivity index (χ1n) is 7.46. The summed E-state index contributed by atoms with van der Waals surface area (Å²) in [6.07, 6.45) is 0. The number of carbonyl (C=O) groups excluding carboxylic acids is 1. The van der Waals surface area contributed by atoms with E-state index in [1.807, 2.05) is 30.3 Å². The molecule has 0 aromatic heterocycles. The van der Waals surface area contributed by atoms with Crippen molar-refractivity contribution in [3.8, 4) is 11.1 Å². The van der Waals surface area contributed by atoms with Crippen molar-refractivity contribution in [2.45, 2.75) is 0 Å². The Bertz CT molecular complexity index is 942. The lowest BCUT2D eigenvalue weighted by Crippen LogP contribution is -2.13. The van der Waals surface area contributed by atoms with Crippen molar-refractivity contribution < 1.29 is 9.72 Å². The normalized spacial score (nSPS) is 10.3. The molecule has 1 amide bonds. The van der Waals surface area contributed by atoms with E-state index in [2.05, 4.69) is 21.2 Å². The van der Waals surface area contributed by atoms with Gasteiger partial charge in [0.2, 0.25) is 0 Å². The van der Waals surface area contributed by atoms with Crippen molar-refractivity contribution in [3.63, 3.8) is 0 Å². The molecular formula is C19H13BrN2O3. The van der Waals surface area contributed by atoms with Crippen molar-refractivity contribution in [1.82, 2.24) is 0 Å². The largest absolute Gasteiger partial charge is 0.316 e. The fraction of sp³-hybridized carbons (Fsp3) is 0. The van der Waals surface area contributed by atoms with Crippen LogP contribution in [0.5, 0.6) is 0 Å². The first-order valence-corrected chi connectivity index (χ1v) is 8.25. The smallest absolute Gasteiger partial charge is 0.293 e. The average Bonchev–Trinajstić information content (AvgIpc) is 2.63. The number of anilines is 1. The molecule has 3 aromatic rings. The van der Waals surface area contributed by atoms with Crippen molar-refractivity contribution >= 4 is 33.2 Å². The van der Waals surface area contributed by atoms with Crippen molar-refractivity contribution in [3.05, 3.63) is 92.9 Å². The van der Waals surface area contributed by atoms with Gasteiger partial charge in [-0.15, -0.1) is 0 Å². The third-order valence-electron chi connectivity index (χ3n) is 3.67. The van der Waals surface area contributed by atoms with Gasteiger partial charge in [-0.1, -0.05) is 48.5 Å². The molecule has 124 valence electrons. The fourth-order valence-corrected chi connectivity index (χ4v) is 2.90. The molecule has 0 radical (unpaired) electrons. The van der Waals surface area contributed by atoms with Crippen molar-refractivity contribution in [1.29, 1.82) is 0 Å². The van der Waals surface area contributed by atoms with Gasteiger partial charge in [-0.05, 0) is 45.3 Å². The van der Waals surface area contributed by atoms with E-state index < -0.39 is 10.8 Å². The number of nitro benzene ring substituents is 1. The fourth-order valence-electron chi connectivity index (χ4n) is 2.43. The van der Waals surface area contributed by atoms with E-state index in [9.17, 15) is 14.9 Å². The van der Waals surface area contributed by atoms with E-state index >= 15 is 0 Å². The number of rotatable bonds is 4. The number of carbonyl (C=O) groups is 1. The number of nitro groups is 1. The van der Waals surface area contributed by atoms with Crippen LogP contribution in [-0.2, 0) is 0 Å². The summed E-state index contributed by atoms with van der Waals surface area (Å²) in [5.74, 6) is -0.414. The zero-order valence-electron chi connectivity index (χ0n) is 13.0. The quantitative estimate of drug-likeness (QED) is 0.481. The molecule has 0 fully saturated rings. The molecule has 0 aliphatic carbocycles. The number of nitrogens with one attached hydrogen (secondary N) is 1. The minimum atomic E-state index is -0.498. The highest BCUT2D eigenvalue weighted by Crippen LogP contribution is 2.31. The highest BCUT2D eigenvalue weighted by atomic mass is 79.9. The van der Waals surface area contributed by atoms with Crippen LogP contribution >= 0.6 is 15.9 Å². The van der Waals surface area contributed by atoms with Crippen LogP contribution in [0.4, 0.5) is 11.4 Å². The molecule has 3 aromatic carbocycles. The lowest BCUT2D eigenvalue weighted by Gasteiger charge is -2.09. The van der Waals surface area contributed by atoms with Crippen LogP contribution in [0.3, 0.4) is 0 Å². The number of nitrogens with zero attached hydrogens (tertiary/aromatic N) is 1. The second-order valence-electron chi connectivity index (χ2n) is 5.29. The van der Waals surface area contributed by atoms with Gasteiger partial charge in [-0.2, -0.15) is 0 Å². The third-order valence-corrected chi connectivity index (χ3v) is 4.36. The van der Waals surface area contributed by atoms with Gasteiger partial charge in [-0.25, -0.2) is 0 Å². The lowest BCUT2D eigenvalue weighted by molar-refractivity contribution is -0.383. The minimum absolute atomic E-state index is 0.151. The van der Waals surface area contributed by atoms with Gasteiger partial charge in [0, 0.05) is 10.5 Å². The zero-order chi connectivity index (χ0) is 17.8. The van der Waals surface area contributed by atoms with E-state index in [-0.39, 0.29) is 11.4 Å². The second kappa shape index (κ2) is 7.27. The van der Waals surface area contributed by atoms with Gasteiger partial charge in [0.25, 0.3) is 11.6 Å². The summed E-state index contributed by atoms with van der Waals surface area (Å²) in [5.41, 5.74) is 2.00. The van der Waals surface area contributed by atoms with Crippen LogP contribution in [0.2, 0.25) is 0 Å². The Kier molecular flexibility index (Phi) is 4.90. The first-order chi connectivity index (χ1) is 12.1. The molecule has 3 rings (SSSR count). The van der Waals surface area contributed by atoms with Crippen LogP contribution in [0.25, 0.3) is 11.1 Å². The molecule has 0 spiro atoms. The molecule has 5 nitrogen and oxygen atoms in total. The summed E-state index contributed by atoms with van der Waals surface area (Å²) in [7, 11) is 0. The van der Waals surface area contributed by atoms with Crippen molar-refractivity contribution in [2.24, 2.45) is 0 Å². The summed E-state index contributed by atoms with van der Waals surface area (Å²) in [6, 6.07) is 21.0. The Balaban J connectivity index is 1.95. The standard InChI is InChI=1S/C19H13BrN2O3/c20-16-9-5-4-8-15(16)19(23)21-17-11-10-14(12-18(17)22(24)25)13-6-2-1-3-7-13/h1-12H,(H,21,23). The van der Waals surface area contributed by atoms with Gasteiger partial charge in [0.1, 0.15) is 5.69 Å². The molecule has 25 heavy (non-hydrogen) atoms. The van der Waals surface area contributed by atoms with E-state index in [4.69, 9.17) is 0 Å². The maximum atomic E-state index is 12.4. The number of hydrogen-bond donors (Lipinski definition) is 1. The molecule has 0 saturated carbocycles. The summed E-state index contributed by atoms with van der Waals surface area (Å²) in [4.78, 5) is 23.3. The second-order valence-corrected chi connectivity index (χ2v) is 6.14. The molecule has 0 aliphatic heterocycles. The SMILES string of the molecule is O=C(Nc1ccc(-c2ccccc2)cc1[N+](=O)[O-])c1ccccc1Br. The summed E-state index contributed by atoms with van der Waals surface area (Å²) in [5, 5.41) is 14.1. The van der Waals surface area contributed by atoms with Crippen molar-refractivity contribution in [2.75, 3.05) is 5.32 Å². The Morgan fingerprint density at radius 2 is 1.60 bits per heavy atom. The first kappa shape index (κ1) is 16.9. The third kappa shape index (κ3) is 3.75. The lowest BCUT2D eigenvalue weighted by atomic mass is 10.0. The van der Waals surface area contributed by atoms with Gasteiger partial charge in [0.05, 0.1) is 10.5 Å². The number of benzene rings is 3. The molecule has 0 atom stereocenters. The Morgan fingerprint density at radius 1 is 0.920 bits per heavy atom. The van der Waals surface area contributed by atoms with Gasteiger partial charge >= 0.3 is 0 Å². The maximum absolute atomic E-state index is 12.4. The number of halogens is 1. The van der Waals surface area contributed by atoms with E-state index in [1.54, 1.807) is 36.4 Å². The topological polar surface area (TPSA) is 72.2 Å². The van der Waals surface area contributed by atoms with Gasteiger partial charge < -0.3 is 5.32 Å². The van der Waals surface area contributed by atoms with Gasteiger partial charge in [0.15, 0.2) is 0 Å². The maximum Gasteiger partial charge on any atom is 0.293 e. The number of hydrogen-bond acceptors (Lipinski definition) is 3. The summed E-state index contributed by atoms with van der Waals surface area (Å²) >= 11 is 3.31. The van der Waals surface area contributed by atoms with Crippen LogP contribution in [0.1, 0.15) is 10.4 Å². The Hall–Kier alpha value is -2.99. The van der Waals surface area contributed by atoms with Crippen LogP contribution < -0.4 is 5.32 Å². The molecule has 1 N–H and O–H groups in total. The molecular weight excluding hydrogens is 384 g/mol. The predicted octanol–water partition coefficient (Wildman–Crippen LogP) is 5.28. The number of amides is 1. The Morgan fingerprint density at radius 3 is 2.28 bits per heavy atom. The summed E-state index contributed by atoms with van der Waals surface area (Å²) in [6.45, 7) is 0. The van der Waals surface area contributed by atoms with E-state index in [1.165, 1.54) is 6.07 Å². The van der Waals surface area contributed by atoms with E-state index in [0.29, 0.717) is 15.6 Å². The molecule has 0 bridgehead atoms. The molecule has 0 heterocycles. The van der Waals surface area contributed by atoms with E-state index in [0.717, 1.165) is 5.56 Å². The molecule has 0 saturated heterocycles. The molecule has 6 heteroatoms. The highest BCUT2D eigenvalue weighted by Gasteiger charge is 2.19. The monoisotopic (exact) mass is 396 g/mol. The Labute approximate surface area is 152 Å². The molecule has 0 aliphatic rings. The van der Waals surface area contributed by atoms with Gasteiger partial charge in [-0.3, -0.25) is 14.9 Å².